The van der Waals surface area contributed by atoms with Crippen LogP contribution in [0.4, 0.5) is 0 Å². The molecule has 1 aromatic carbocycles. The van der Waals surface area contributed by atoms with Gasteiger partial charge in [-0.05, 0) is 44.2 Å². The van der Waals surface area contributed by atoms with Gasteiger partial charge in [-0.15, -0.1) is 11.3 Å². The molecule has 0 aliphatic carbocycles. The molecule has 3 heterocycles. The molecule has 1 aliphatic heterocycles. The van der Waals surface area contributed by atoms with Crippen molar-refractivity contribution in [3.05, 3.63) is 75.2 Å². The summed E-state index contributed by atoms with van der Waals surface area (Å²) in [6, 6.07) is 13.3. The van der Waals surface area contributed by atoms with Gasteiger partial charge in [-0.2, -0.15) is 5.10 Å². The van der Waals surface area contributed by atoms with Gasteiger partial charge in [0, 0.05) is 24.0 Å². The van der Waals surface area contributed by atoms with Gasteiger partial charge >= 0.3 is 5.97 Å². The van der Waals surface area contributed by atoms with Crippen molar-refractivity contribution >= 4 is 29.1 Å². The van der Waals surface area contributed by atoms with Crippen molar-refractivity contribution < 1.29 is 19.1 Å². The minimum Gasteiger partial charge on any atom is -0.461 e. The zero-order valence-corrected chi connectivity index (χ0v) is 20.4. The van der Waals surface area contributed by atoms with Crippen LogP contribution in [0, 0.1) is 6.92 Å². The lowest BCUT2D eigenvalue weighted by Crippen LogP contribution is -2.64. The fourth-order valence-electron chi connectivity index (χ4n) is 4.05. The number of aryl methyl sites for hydroxylation is 1. The average Bonchev–Trinajstić information content (AvgIpc) is 3.48. The second-order valence-electron chi connectivity index (χ2n) is 8.52. The Morgan fingerprint density at radius 2 is 2.00 bits per heavy atom. The van der Waals surface area contributed by atoms with Crippen LogP contribution in [0.15, 0.2) is 47.8 Å². The van der Waals surface area contributed by atoms with Crippen LogP contribution >= 0.6 is 11.3 Å². The lowest BCUT2D eigenvalue weighted by atomic mass is 9.94. The zero-order valence-electron chi connectivity index (χ0n) is 19.5. The largest absolute Gasteiger partial charge is 0.461 e. The molecule has 1 atom stereocenters. The molecule has 0 fully saturated rings. The van der Waals surface area contributed by atoms with Gasteiger partial charge in [-0.3, -0.25) is 14.3 Å². The highest BCUT2D eigenvalue weighted by Crippen LogP contribution is 2.28. The third kappa shape index (κ3) is 4.75. The summed E-state index contributed by atoms with van der Waals surface area (Å²) in [6.07, 6.45) is 0.628. The van der Waals surface area contributed by atoms with Crippen molar-refractivity contribution in [3.8, 4) is 0 Å². The normalized spacial score (nSPS) is 17.4. The molecule has 1 unspecified atom stereocenters. The van der Waals surface area contributed by atoms with Crippen molar-refractivity contribution in [3.63, 3.8) is 0 Å². The number of aromatic nitrogens is 2. The molecule has 0 saturated carbocycles. The lowest BCUT2D eigenvalue weighted by molar-refractivity contribution is -0.133. The smallest absolute Gasteiger partial charge is 0.358 e. The predicted octanol–water partition coefficient (Wildman–Crippen LogP) is 3.20. The van der Waals surface area contributed by atoms with E-state index >= 15 is 0 Å². The Morgan fingerprint density at radius 3 is 2.68 bits per heavy atom. The van der Waals surface area contributed by atoms with Gasteiger partial charge in [-0.25, -0.2) is 4.79 Å². The maximum Gasteiger partial charge on any atom is 0.358 e. The zero-order chi connectivity index (χ0) is 24.3. The van der Waals surface area contributed by atoms with Crippen molar-refractivity contribution in [1.29, 1.82) is 0 Å². The van der Waals surface area contributed by atoms with Crippen molar-refractivity contribution in [1.82, 2.24) is 20.0 Å². The molecule has 9 heteroatoms. The maximum absolute atomic E-state index is 13.5. The summed E-state index contributed by atoms with van der Waals surface area (Å²) in [4.78, 5) is 42.0. The molecule has 178 valence electrons. The van der Waals surface area contributed by atoms with E-state index in [4.69, 9.17) is 4.74 Å². The fraction of sp³-hybridized carbons (Fsp3) is 0.360. The number of hydrogen-bond donors (Lipinski definition) is 1. The molecule has 3 aromatic rings. The molecule has 0 spiro atoms. The highest BCUT2D eigenvalue weighted by molar-refractivity contribution is 7.09. The van der Waals surface area contributed by atoms with Crippen LogP contribution in [-0.4, -0.2) is 51.2 Å². The number of amides is 2. The number of benzene rings is 1. The number of nitrogens with one attached hydrogen (secondary N) is 1. The summed E-state index contributed by atoms with van der Waals surface area (Å²) in [5, 5.41) is 9.26. The van der Waals surface area contributed by atoms with E-state index in [1.165, 1.54) is 10.7 Å². The summed E-state index contributed by atoms with van der Waals surface area (Å²) in [6.45, 7) is 6.53. The van der Waals surface area contributed by atoms with Crippen LogP contribution < -0.4 is 5.32 Å². The van der Waals surface area contributed by atoms with Gasteiger partial charge < -0.3 is 15.0 Å². The second-order valence-corrected chi connectivity index (χ2v) is 9.55. The predicted molar refractivity (Wildman–Crippen MR) is 129 cm³/mol. The van der Waals surface area contributed by atoms with Gasteiger partial charge in [-0.1, -0.05) is 35.9 Å². The van der Waals surface area contributed by atoms with E-state index < -0.39 is 11.5 Å². The molecule has 2 amide bonds. The summed E-state index contributed by atoms with van der Waals surface area (Å²) < 4.78 is 6.49. The van der Waals surface area contributed by atoms with Crippen molar-refractivity contribution in [2.75, 3.05) is 13.2 Å². The van der Waals surface area contributed by atoms with E-state index in [1.807, 2.05) is 48.7 Å². The first-order valence-electron chi connectivity index (χ1n) is 11.2. The summed E-state index contributed by atoms with van der Waals surface area (Å²) in [7, 11) is 0. The Balaban J connectivity index is 1.61. The first-order chi connectivity index (χ1) is 16.3. The number of ether oxygens (including phenoxy) is 1. The van der Waals surface area contributed by atoms with Crippen LogP contribution in [-0.2, 0) is 29.0 Å². The highest BCUT2D eigenvalue weighted by atomic mass is 32.1. The maximum atomic E-state index is 13.5. The lowest BCUT2D eigenvalue weighted by Gasteiger charge is -2.43. The van der Waals surface area contributed by atoms with Crippen LogP contribution in [0.25, 0.3) is 0 Å². The Bertz CT molecular complexity index is 1190. The molecule has 8 nitrogen and oxygen atoms in total. The fourth-order valence-corrected chi connectivity index (χ4v) is 4.75. The number of esters is 1. The number of fused-ring (bicyclic) bond motifs is 1. The Labute approximate surface area is 202 Å². The molecule has 1 aliphatic rings. The topological polar surface area (TPSA) is 93.5 Å². The molecule has 1 N–H and O–H groups in total. The number of nitrogens with zero attached hydrogens (tertiary/aromatic N) is 3. The SMILES string of the molecule is CCOC(=O)c1cc2n(n1)CC(C)(C(=O)NCc1ccc(C)cc1)N(CCc1cccs1)C2=O. The number of thiophene rings is 1. The minimum absolute atomic E-state index is 0.0627. The third-order valence-electron chi connectivity index (χ3n) is 6.01. The molecule has 4 rings (SSSR count). The van der Waals surface area contributed by atoms with Crippen LogP contribution in [0.2, 0.25) is 0 Å². The van der Waals surface area contributed by atoms with Gasteiger partial charge in [0.2, 0.25) is 5.91 Å². The van der Waals surface area contributed by atoms with E-state index in [0.717, 1.165) is 16.0 Å². The molecular formula is C25H28N4O4S. The van der Waals surface area contributed by atoms with E-state index in [1.54, 1.807) is 30.1 Å². The first kappa shape index (κ1) is 23.7. The van der Waals surface area contributed by atoms with Crippen molar-refractivity contribution in [2.24, 2.45) is 0 Å². The first-order valence-corrected chi connectivity index (χ1v) is 12.1. The van der Waals surface area contributed by atoms with Crippen LogP contribution in [0.5, 0.6) is 0 Å². The van der Waals surface area contributed by atoms with E-state index in [2.05, 4.69) is 10.4 Å². The number of hydrogen-bond acceptors (Lipinski definition) is 6. The van der Waals surface area contributed by atoms with E-state index in [9.17, 15) is 14.4 Å². The van der Waals surface area contributed by atoms with Gasteiger partial charge in [0.25, 0.3) is 5.91 Å². The third-order valence-corrected chi connectivity index (χ3v) is 6.94. The summed E-state index contributed by atoms with van der Waals surface area (Å²) in [5.41, 5.74) is 1.28. The van der Waals surface area contributed by atoms with Crippen LogP contribution in [0.3, 0.4) is 0 Å². The molecule has 0 bridgehead atoms. The van der Waals surface area contributed by atoms with E-state index in [0.29, 0.717) is 19.5 Å². The summed E-state index contributed by atoms with van der Waals surface area (Å²) in [5.74, 6) is -1.20. The number of rotatable bonds is 8. The molecule has 2 aromatic heterocycles. The molecule has 34 heavy (non-hydrogen) atoms. The monoisotopic (exact) mass is 480 g/mol. The van der Waals surface area contributed by atoms with Gasteiger partial charge in [0.1, 0.15) is 11.2 Å². The quantitative estimate of drug-likeness (QED) is 0.500. The van der Waals surface area contributed by atoms with Crippen LogP contribution in [0.1, 0.15) is 50.8 Å². The van der Waals surface area contributed by atoms with Gasteiger partial charge in [0.15, 0.2) is 5.69 Å². The minimum atomic E-state index is -1.18. The second kappa shape index (κ2) is 9.80. The van der Waals surface area contributed by atoms with Crippen molar-refractivity contribution in [2.45, 2.75) is 45.8 Å². The number of carbonyl (C=O) groups is 3. The Kier molecular flexibility index (Phi) is 6.83. The highest BCUT2D eigenvalue weighted by Gasteiger charge is 2.48. The molecule has 0 saturated heterocycles. The van der Waals surface area contributed by atoms with E-state index in [-0.39, 0.29) is 36.4 Å². The van der Waals surface area contributed by atoms with Gasteiger partial charge in [0.05, 0.1) is 13.2 Å². The Hall–Kier alpha value is -3.46. The Morgan fingerprint density at radius 1 is 1.24 bits per heavy atom. The molecule has 0 radical (unpaired) electrons. The average molecular weight is 481 g/mol. The number of carbonyl (C=O) groups excluding carboxylic acids is 3. The standard InChI is InChI=1S/C25H28N4O4S/c1-4-33-23(31)20-14-21-22(30)28(12-11-19-6-5-13-34-19)25(3,16-29(21)27-20)24(32)26-15-18-9-7-17(2)8-10-18/h5-10,13-14H,4,11-12,15-16H2,1-3H3,(H,26,32). The molecular weight excluding hydrogens is 452 g/mol. The summed E-state index contributed by atoms with van der Waals surface area (Å²) >= 11 is 1.61.